The van der Waals surface area contributed by atoms with Gasteiger partial charge in [-0.25, -0.2) is 4.21 Å². The van der Waals surface area contributed by atoms with Gasteiger partial charge in [-0.2, -0.15) is 4.36 Å². The quantitative estimate of drug-likeness (QED) is 0.688. The van der Waals surface area contributed by atoms with Gasteiger partial charge in [-0.05, 0) is 25.0 Å². The molecule has 4 heteroatoms. The van der Waals surface area contributed by atoms with Crippen LogP contribution in [-0.2, 0) is 9.73 Å². The van der Waals surface area contributed by atoms with Gasteiger partial charge >= 0.3 is 0 Å². The molecule has 1 aromatic heterocycles. The average Bonchev–Trinajstić information content (AvgIpc) is 2.06. The first-order chi connectivity index (χ1) is 6.20. The van der Waals surface area contributed by atoms with E-state index in [1.54, 1.807) is 12.4 Å². The van der Waals surface area contributed by atoms with Crippen molar-refractivity contribution in [2.24, 2.45) is 4.36 Å². The van der Waals surface area contributed by atoms with E-state index in [-0.39, 0.29) is 0 Å². The SMILES string of the molecule is Cc1ccncc1N=S1(=O)CCC1. The minimum atomic E-state index is -1.88. The Kier molecular flexibility index (Phi) is 2.07. The normalized spacial score (nSPS) is 19.2. The van der Waals surface area contributed by atoms with Gasteiger partial charge in [-0.1, -0.05) is 0 Å². The molecular weight excluding hydrogens is 184 g/mol. The number of rotatable bonds is 1. The van der Waals surface area contributed by atoms with Gasteiger partial charge in [0.05, 0.1) is 21.6 Å². The second-order valence-corrected chi connectivity index (χ2v) is 5.83. The third-order valence-electron chi connectivity index (χ3n) is 2.20. The molecule has 0 aliphatic carbocycles. The highest BCUT2D eigenvalue weighted by molar-refractivity contribution is 7.95. The van der Waals surface area contributed by atoms with Crippen molar-refractivity contribution in [1.82, 2.24) is 4.98 Å². The number of nitrogens with zero attached hydrogens (tertiary/aromatic N) is 2. The Balaban J connectivity index is 2.43. The van der Waals surface area contributed by atoms with Gasteiger partial charge in [-0.15, -0.1) is 0 Å². The Bertz CT molecular complexity index is 423. The lowest BCUT2D eigenvalue weighted by Gasteiger charge is -2.17. The molecule has 0 N–H and O–H groups in total. The van der Waals surface area contributed by atoms with Crippen LogP contribution < -0.4 is 0 Å². The fourth-order valence-electron chi connectivity index (χ4n) is 1.21. The predicted octanol–water partition coefficient (Wildman–Crippen LogP) is 1.89. The van der Waals surface area contributed by atoms with Crippen LogP contribution in [0.5, 0.6) is 0 Å². The van der Waals surface area contributed by atoms with E-state index in [1.165, 1.54) is 0 Å². The third-order valence-corrected chi connectivity index (χ3v) is 4.59. The molecule has 0 spiro atoms. The highest BCUT2D eigenvalue weighted by atomic mass is 32.2. The Hall–Kier alpha value is -0.900. The lowest BCUT2D eigenvalue weighted by atomic mass is 10.3. The van der Waals surface area contributed by atoms with Crippen LogP contribution in [0.2, 0.25) is 0 Å². The van der Waals surface area contributed by atoms with E-state index in [9.17, 15) is 4.21 Å². The summed E-state index contributed by atoms with van der Waals surface area (Å²) in [5.41, 5.74) is 1.83. The van der Waals surface area contributed by atoms with Crippen LogP contribution in [0.25, 0.3) is 0 Å². The molecule has 2 heterocycles. The van der Waals surface area contributed by atoms with Crippen LogP contribution in [0.1, 0.15) is 12.0 Å². The fourth-order valence-corrected chi connectivity index (χ4v) is 2.73. The van der Waals surface area contributed by atoms with Crippen LogP contribution in [0.4, 0.5) is 5.69 Å². The average molecular weight is 196 g/mol. The second-order valence-electron chi connectivity index (χ2n) is 3.29. The van der Waals surface area contributed by atoms with E-state index in [4.69, 9.17) is 0 Å². The molecule has 0 saturated carbocycles. The zero-order valence-corrected chi connectivity index (χ0v) is 8.38. The Labute approximate surface area is 78.4 Å². The number of aromatic nitrogens is 1. The molecule has 0 amide bonds. The second kappa shape index (κ2) is 3.10. The molecule has 0 unspecified atom stereocenters. The summed E-state index contributed by atoms with van der Waals surface area (Å²) in [6.45, 7) is 1.96. The van der Waals surface area contributed by atoms with Crippen molar-refractivity contribution < 1.29 is 4.21 Å². The van der Waals surface area contributed by atoms with E-state index in [0.717, 1.165) is 29.2 Å². The first-order valence-electron chi connectivity index (χ1n) is 4.33. The zero-order chi connectivity index (χ0) is 9.31. The van der Waals surface area contributed by atoms with Crippen molar-refractivity contribution in [3.05, 3.63) is 24.0 Å². The molecule has 1 aromatic rings. The van der Waals surface area contributed by atoms with Crippen LogP contribution in [0.15, 0.2) is 22.8 Å². The maximum Gasteiger partial charge on any atom is 0.0942 e. The maximum absolute atomic E-state index is 11.8. The summed E-state index contributed by atoms with van der Waals surface area (Å²) in [6, 6.07) is 1.89. The standard InChI is InChI=1S/C9H12N2OS/c1-8-3-4-10-7-9(8)11-13(12)5-2-6-13/h3-4,7H,2,5-6H2,1H3. The molecule has 13 heavy (non-hydrogen) atoms. The predicted molar refractivity (Wildman–Crippen MR) is 53.6 cm³/mol. The monoisotopic (exact) mass is 196 g/mol. The summed E-state index contributed by atoms with van der Waals surface area (Å²) >= 11 is 0. The number of hydrogen-bond acceptors (Lipinski definition) is 3. The molecule has 1 aliphatic rings. The van der Waals surface area contributed by atoms with Gasteiger partial charge in [-0.3, -0.25) is 4.98 Å². The van der Waals surface area contributed by atoms with Gasteiger partial charge in [0.15, 0.2) is 0 Å². The van der Waals surface area contributed by atoms with Crippen molar-refractivity contribution in [2.75, 3.05) is 11.5 Å². The van der Waals surface area contributed by atoms with Crippen LogP contribution in [-0.4, -0.2) is 20.7 Å². The highest BCUT2D eigenvalue weighted by Crippen LogP contribution is 2.23. The van der Waals surface area contributed by atoms with Crippen molar-refractivity contribution in [3.8, 4) is 0 Å². The Morgan fingerprint density at radius 2 is 2.31 bits per heavy atom. The summed E-state index contributed by atoms with van der Waals surface area (Å²) in [4.78, 5) is 3.97. The molecular formula is C9H12N2OS. The molecule has 1 aliphatic heterocycles. The summed E-state index contributed by atoms with van der Waals surface area (Å²) in [5, 5.41) is 0. The van der Waals surface area contributed by atoms with Gasteiger partial charge in [0, 0.05) is 17.7 Å². The summed E-state index contributed by atoms with van der Waals surface area (Å²) < 4.78 is 16.0. The number of aryl methyl sites for hydroxylation is 1. The Morgan fingerprint density at radius 1 is 1.54 bits per heavy atom. The molecule has 0 atom stereocenters. The van der Waals surface area contributed by atoms with E-state index in [1.807, 2.05) is 13.0 Å². The molecule has 0 aromatic carbocycles. The van der Waals surface area contributed by atoms with Gasteiger partial charge < -0.3 is 0 Å². The fraction of sp³-hybridized carbons (Fsp3) is 0.444. The molecule has 1 fully saturated rings. The van der Waals surface area contributed by atoms with E-state index >= 15 is 0 Å². The molecule has 0 bridgehead atoms. The first kappa shape index (κ1) is 8.69. The van der Waals surface area contributed by atoms with Gasteiger partial charge in [0.25, 0.3) is 0 Å². The maximum atomic E-state index is 11.8. The van der Waals surface area contributed by atoms with Gasteiger partial charge in [0.1, 0.15) is 0 Å². The smallest absolute Gasteiger partial charge is 0.0942 e. The lowest BCUT2D eigenvalue weighted by Crippen LogP contribution is -2.23. The number of pyridine rings is 1. The minimum Gasteiger partial charge on any atom is -0.262 e. The lowest BCUT2D eigenvalue weighted by molar-refractivity contribution is 0.663. The van der Waals surface area contributed by atoms with Crippen LogP contribution in [0.3, 0.4) is 0 Å². The zero-order valence-electron chi connectivity index (χ0n) is 7.56. The van der Waals surface area contributed by atoms with Crippen LogP contribution >= 0.6 is 0 Å². The van der Waals surface area contributed by atoms with Crippen LogP contribution in [0, 0.1) is 6.92 Å². The third kappa shape index (κ3) is 1.72. The van der Waals surface area contributed by atoms with Gasteiger partial charge in [0.2, 0.25) is 0 Å². The van der Waals surface area contributed by atoms with E-state index < -0.39 is 9.73 Å². The summed E-state index contributed by atoms with van der Waals surface area (Å²) in [6.07, 6.45) is 4.45. The molecule has 3 nitrogen and oxygen atoms in total. The van der Waals surface area contributed by atoms with E-state index in [0.29, 0.717) is 0 Å². The largest absolute Gasteiger partial charge is 0.262 e. The minimum absolute atomic E-state index is 0.751. The highest BCUT2D eigenvalue weighted by Gasteiger charge is 2.19. The number of hydrogen-bond donors (Lipinski definition) is 0. The Morgan fingerprint density at radius 3 is 2.85 bits per heavy atom. The molecule has 2 rings (SSSR count). The topological polar surface area (TPSA) is 42.3 Å². The van der Waals surface area contributed by atoms with E-state index in [2.05, 4.69) is 9.35 Å². The molecule has 1 saturated heterocycles. The van der Waals surface area contributed by atoms with Crippen molar-refractivity contribution in [2.45, 2.75) is 13.3 Å². The summed E-state index contributed by atoms with van der Waals surface area (Å²) in [5.74, 6) is 1.50. The molecule has 0 radical (unpaired) electrons. The first-order valence-corrected chi connectivity index (χ1v) is 6.18. The molecule has 70 valence electrons. The van der Waals surface area contributed by atoms with Crippen molar-refractivity contribution >= 4 is 15.4 Å². The van der Waals surface area contributed by atoms with Crippen molar-refractivity contribution in [3.63, 3.8) is 0 Å². The summed E-state index contributed by atoms with van der Waals surface area (Å²) in [7, 11) is -1.88. The van der Waals surface area contributed by atoms with Crippen molar-refractivity contribution in [1.29, 1.82) is 0 Å².